The van der Waals surface area contributed by atoms with E-state index in [9.17, 15) is 0 Å². The smallest absolute Gasteiger partial charge is 0.0410 e. The highest BCUT2D eigenvalue weighted by molar-refractivity contribution is 9.10. The first-order valence-electron chi connectivity index (χ1n) is 7.87. The average Bonchev–Trinajstić information content (AvgIpc) is 2.44. The maximum atomic E-state index is 6.13. The number of unbranched alkanes of at least 4 members (excludes halogenated alkanes) is 5. The molecule has 0 heterocycles. The van der Waals surface area contributed by atoms with Gasteiger partial charge >= 0.3 is 0 Å². The fraction of sp³-hybridized carbons (Fsp3) is 0.647. The van der Waals surface area contributed by atoms with Gasteiger partial charge in [0, 0.05) is 15.5 Å². The Kier molecular flexibility index (Phi) is 9.58. The molecule has 1 N–H and O–H groups in total. The summed E-state index contributed by atoms with van der Waals surface area (Å²) in [4.78, 5) is 0. The zero-order valence-corrected chi connectivity index (χ0v) is 15.1. The molecular weight excluding hydrogens is 334 g/mol. The zero-order valence-electron chi connectivity index (χ0n) is 12.7. The molecule has 1 rings (SSSR count). The zero-order chi connectivity index (χ0) is 14.8. The van der Waals surface area contributed by atoms with E-state index in [1.165, 1.54) is 50.5 Å². The van der Waals surface area contributed by atoms with E-state index in [-0.39, 0.29) is 0 Å². The van der Waals surface area contributed by atoms with Crippen molar-refractivity contribution in [3.8, 4) is 0 Å². The predicted octanol–water partition coefficient (Wildman–Crippen LogP) is 6.50. The molecule has 1 aromatic rings. The molecule has 0 aliphatic carbocycles. The summed E-state index contributed by atoms with van der Waals surface area (Å²) in [6.45, 7) is 5.41. The van der Waals surface area contributed by atoms with E-state index in [0.717, 1.165) is 16.0 Å². The van der Waals surface area contributed by atoms with E-state index in [2.05, 4.69) is 41.2 Å². The van der Waals surface area contributed by atoms with Crippen LogP contribution in [0, 0.1) is 0 Å². The summed E-state index contributed by atoms with van der Waals surface area (Å²) in [6, 6.07) is 6.46. The van der Waals surface area contributed by atoms with Crippen molar-refractivity contribution in [2.45, 2.75) is 64.8 Å². The highest BCUT2D eigenvalue weighted by Crippen LogP contribution is 2.29. The van der Waals surface area contributed by atoms with Gasteiger partial charge < -0.3 is 5.32 Å². The molecule has 0 bridgehead atoms. The van der Waals surface area contributed by atoms with Crippen molar-refractivity contribution in [3.63, 3.8) is 0 Å². The summed E-state index contributed by atoms with van der Waals surface area (Å²) in [7, 11) is 0. The van der Waals surface area contributed by atoms with Gasteiger partial charge in [-0.25, -0.2) is 0 Å². The maximum absolute atomic E-state index is 6.13. The Balaban J connectivity index is 2.49. The highest BCUT2D eigenvalue weighted by Gasteiger charge is 2.13. The van der Waals surface area contributed by atoms with Crippen LogP contribution in [0.3, 0.4) is 0 Å². The van der Waals surface area contributed by atoms with Crippen molar-refractivity contribution in [2.24, 2.45) is 0 Å². The van der Waals surface area contributed by atoms with Gasteiger partial charge in [0.2, 0.25) is 0 Å². The van der Waals surface area contributed by atoms with Crippen molar-refractivity contribution in [3.05, 3.63) is 33.3 Å². The van der Waals surface area contributed by atoms with Crippen molar-refractivity contribution in [1.29, 1.82) is 0 Å². The fourth-order valence-electron chi connectivity index (χ4n) is 2.52. The average molecular weight is 361 g/mol. The molecule has 114 valence electrons. The number of benzene rings is 1. The lowest BCUT2D eigenvalue weighted by Crippen LogP contribution is -2.21. The lowest BCUT2D eigenvalue weighted by molar-refractivity contribution is 0.476. The van der Waals surface area contributed by atoms with Crippen LogP contribution in [0.1, 0.15) is 70.4 Å². The minimum absolute atomic E-state index is 0.402. The highest BCUT2D eigenvalue weighted by atomic mass is 79.9. The standard InChI is InChI=1S/C17H27BrClN/c1-3-5-6-7-8-9-10-17(20-4-2)15-13-14(19)11-12-16(15)18/h11-13,17,20H,3-10H2,1-2H3. The minimum atomic E-state index is 0.402. The van der Waals surface area contributed by atoms with Gasteiger partial charge in [0.05, 0.1) is 0 Å². The molecule has 1 atom stereocenters. The molecule has 0 aliphatic heterocycles. The molecule has 0 spiro atoms. The van der Waals surface area contributed by atoms with Crippen LogP contribution in [0.4, 0.5) is 0 Å². The van der Waals surface area contributed by atoms with Crippen LogP contribution in [-0.2, 0) is 0 Å². The first-order chi connectivity index (χ1) is 9.69. The van der Waals surface area contributed by atoms with E-state index in [4.69, 9.17) is 11.6 Å². The summed E-state index contributed by atoms with van der Waals surface area (Å²) in [5, 5.41) is 4.39. The molecule has 0 aromatic heterocycles. The van der Waals surface area contributed by atoms with Crippen LogP contribution in [0.15, 0.2) is 22.7 Å². The number of hydrogen-bond donors (Lipinski definition) is 1. The number of rotatable bonds is 10. The van der Waals surface area contributed by atoms with Crippen LogP contribution in [-0.4, -0.2) is 6.54 Å². The Bertz CT molecular complexity index is 381. The van der Waals surface area contributed by atoms with Crippen LogP contribution < -0.4 is 5.32 Å². The SMILES string of the molecule is CCCCCCCCC(NCC)c1cc(Cl)ccc1Br. The monoisotopic (exact) mass is 359 g/mol. The van der Waals surface area contributed by atoms with E-state index >= 15 is 0 Å². The van der Waals surface area contributed by atoms with Crippen molar-refractivity contribution in [2.75, 3.05) is 6.54 Å². The molecule has 1 nitrogen and oxygen atoms in total. The van der Waals surface area contributed by atoms with Gasteiger partial charge in [0.15, 0.2) is 0 Å². The third-order valence-corrected chi connectivity index (χ3v) is 4.59. The molecule has 0 fully saturated rings. The van der Waals surface area contributed by atoms with E-state index in [0.29, 0.717) is 6.04 Å². The first-order valence-corrected chi connectivity index (χ1v) is 9.04. The minimum Gasteiger partial charge on any atom is -0.310 e. The number of halogens is 2. The summed E-state index contributed by atoms with van der Waals surface area (Å²) >= 11 is 9.78. The number of nitrogens with one attached hydrogen (secondary N) is 1. The maximum Gasteiger partial charge on any atom is 0.0410 e. The second-order valence-electron chi connectivity index (χ2n) is 5.33. The van der Waals surface area contributed by atoms with E-state index in [1.807, 2.05) is 12.1 Å². The lowest BCUT2D eigenvalue weighted by Gasteiger charge is -2.20. The van der Waals surface area contributed by atoms with Gasteiger partial charge in [-0.2, -0.15) is 0 Å². The summed E-state index contributed by atoms with van der Waals surface area (Å²) < 4.78 is 1.15. The fourth-order valence-corrected chi connectivity index (χ4v) is 3.23. The molecule has 0 radical (unpaired) electrons. The van der Waals surface area contributed by atoms with Crippen molar-refractivity contribution >= 4 is 27.5 Å². The first kappa shape index (κ1) is 18.0. The molecule has 1 aromatic carbocycles. The van der Waals surface area contributed by atoms with Gasteiger partial charge in [-0.15, -0.1) is 0 Å². The molecule has 0 saturated heterocycles. The van der Waals surface area contributed by atoms with Gasteiger partial charge in [0.25, 0.3) is 0 Å². The molecule has 3 heteroatoms. The molecule has 0 saturated carbocycles. The van der Waals surface area contributed by atoms with Crippen LogP contribution >= 0.6 is 27.5 Å². The van der Waals surface area contributed by atoms with Gasteiger partial charge in [-0.3, -0.25) is 0 Å². The van der Waals surface area contributed by atoms with Crippen molar-refractivity contribution < 1.29 is 0 Å². The summed E-state index contributed by atoms with van der Waals surface area (Å²) in [6.07, 6.45) is 9.22. The Morgan fingerprint density at radius 1 is 1.10 bits per heavy atom. The third-order valence-electron chi connectivity index (χ3n) is 3.63. The van der Waals surface area contributed by atoms with Gasteiger partial charge in [-0.1, -0.05) is 79.9 Å². The van der Waals surface area contributed by atoms with Gasteiger partial charge in [-0.05, 0) is 36.7 Å². The molecular formula is C17H27BrClN. The second-order valence-corrected chi connectivity index (χ2v) is 6.62. The van der Waals surface area contributed by atoms with Crippen LogP contribution in [0.5, 0.6) is 0 Å². The summed E-state index contributed by atoms with van der Waals surface area (Å²) in [5.41, 5.74) is 1.29. The topological polar surface area (TPSA) is 12.0 Å². The van der Waals surface area contributed by atoms with E-state index < -0.39 is 0 Å². The quantitative estimate of drug-likeness (QED) is 0.469. The second kappa shape index (κ2) is 10.6. The Morgan fingerprint density at radius 3 is 2.50 bits per heavy atom. The normalized spacial score (nSPS) is 12.6. The Morgan fingerprint density at radius 2 is 1.80 bits per heavy atom. The van der Waals surface area contributed by atoms with Crippen LogP contribution in [0.25, 0.3) is 0 Å². The largest absolute Gasteiger partial charge is 0.310 e. The van der Waals surface area contributed by atoms with Crippen molar-refractivity contribution in [1.82, 2.24) is 5.32 Å². The summed E-state index contributed by atoms with van der Waals surface area (Å²) in [5.74, 6) is 0. The lowest BCUT2D eigenvalue weighted by atomic mass is 9.99. The molecule has 20 heavy (non-hydrogen) atoms. The van der Waals surface area contributed by atoms with E-state index in [1.54, 1.807) is 0 Å². The van der Waals surface area contributed by atoms with Crippen LogP contribution in [0.2, 0.25) is 5.02 Å². The molecule has 0 amide bonds. The Hall–Kier alpha value is -0.0500. The molecule has 1 unspecified atom stereocenters. The number of hydrogen-bond acceptors (Lipinski definition) is 1. The Labute approximate surface area is 137 Å². The van der Waals surface area contributed by atoms with Gasteiger partial charge in [0.1, 0.15) is 0 Å². The predicted molar refractivity (Wildman–Crippen MR) is 93.6 cm³/mol. The third kappa shape index (κ3) is 6.60. The molecule has 0 aliphatic rings.